The van der Waals surface area contributed by atoms with E-state index in [1.165, 1.54) is 0 Å². The standard InChI is InChI=1S/C17H16N2O/c20-17-9-2-1-6-14(17)13-18-15-7-5-8-16(12-15)19-10-3-4-11-19/h1-12,18,20H,13H2. The Balaban J connectivity index is 1.75. The summed E-state index contributed by atoms with van der Waals surface area (Å²) in [5.41, 5.74) is 3.02. The van der Waals surface area contributed by atoms with Gasteiger partial charge in [0, 0.05) is 35.9 Å². The lowest BCUT2D eigenvalue weighted by Gasteiger charge is -2.10. The molecule has 1 aromatic heterocycles. The zero-order valence-corrected chi connectivity index (χ0v) is 11.0. The largest absolute Gasteiger partial charge is 0.508 e. The van der Waals surface area contributed by atoms with E-state index in [2.05, 4.69) is 22.0 Å². The van der Waals surface area contributed by atoms with Gasteiger partial charge in [-0.1, -0.05) is 24.3 Å². The highest BCUT2D eigenvalue weighted by molar-refractivity contribution is 5.52. The predicted octanol–water partition coefficient (Wildman–Crippen LogP) is 3.80. The van der Waals surface area contributed by atoms with Crippen molar-refractivity contribution in [2.45, 2.75) is 6.54 Å². The van der Waals surface area contributed by atoms with Gasteiger partial charge >= 0.3 is 0 Å². The van der Waals surface area contributed by atoms with Crippen molar-refractivity contribution < 1.29 is 5.11 Å². The molecule has 0 unspecified atom stereocenters. The molecule has 100 valence electrons. The Bertz CT molecular complexity index is 690. The van der Waals surface area contributed by atoms with Gasteiger partial charge in [0.2, 0.25) is 0 Å². The molecule has 0 aliphatic heterocycles. The molecule has 0 saturated carbocycles. The number of benzene rings is 2. The molecular formula is C17H16N2O. The topological polar surface area (TPSA) is 37.2 Å². The van der Waals surface area contributed by atoms with Crippen LogP contribution in [0.4, 0.5) is 5.69 Å². The Kier molecular flexibility index (Phi) is 3.42. The summed E-state index contributed by atoms with van der Waals surface area (Å²) in [5.74, 6) is 0.321. The third-order valence-electron chi connectivity index (χ3n) is 3.22. The summed E-state index contributed by atoms with van der Waals surface area (Å²) in [5, 5.41) is 13.1. The first-order valence-corrected chi connectivity index (χ1v) is 6.57. The van der Waals surface area contributed by atoms with Crippen molar-refractivity contribution in [1.82, 2.24) is 4.57 Å². The van der Waals surface area contributed by atoms with Crippen molar-refractivity contribution in [2.75, 3.05) is 5.32 Å². The summed E-state index contributed by atoms with van der Waals surface area (Å²) < 4.78 is 2.06. The van der Waals surface area contributed by atoms with Crippen LogP contribution >= 0.6 is 0 Å². The zero-order chi connectivity index (χ0) is 13.8. The molecule has 3 nitrogen and oxygen atoms in total. The highest BCUT2D eigenvalue weighted by Gasteiger charge is 2.01. The molecule has 2 aromatic carbocycles. The minimum Gasteiger partial charge on any atom is -0.508 e. The van der Waals surface area contributed by atoms with Crippen molar-refractivity contribution in [3.8, 4) is 11.4 Å². The van der Waals surface area contributed by atoms with Gasteiger partial charge < -0.3 is 15.0 Å². The van der Waals surface area contributed by atoms with E-state index in [0.717, 1.165) is 16.9 Å². The Hall–Kier alpha value is -2.68. The van der Waals surface area contributed by atoms with E-state index in [4.69, 9.17) is 0 Å². The van der Waals surface area contributed by atoms with E-state index in [1.54, 1.807) is 6.07 Å². The molecule has 0 radical (unpaired) electrons. The molecule has 3 heteroatoms. The number of phenols is 1. The van der Waals surface area contributed by atoms with E-state index in [-0.39, 0.29) is 0 Å². The molecule has 20 heavy (non-hydrogen) atoms. The van der Waals surface area contributed by atoms with Gasteiger partial charge in [0.05, 0.1) is 0 Å². The van der Waals surface area contributed by atoms with Crippen LogP contribution in [-0.2, 0) is 6.54 Å². The predicted molar refractivity (Wildman–Crippen MR) is 81.2 cm³/mol. The highest BCUT2D eigenvalue weighted by atomic mass is 16.3. The fraction of sp³-hybridized carbons (Fsp3) is 0.0588. The van der Waals surface area contributed by atoms with Crippen LogP contribution in [0.25, 0.3) is 5.69 Å². The molecule has 0 atom stereocenters. The molecule has 3 rings (SSSR count). The molecule has 0 aliphatic rings. The summed E-state index contributed by atoms with van der Waals surface area (Å²) in [6.45, 7) is 0.599. The molecule has 2 N–H and O–H groups in total. The van der Waals surface area contributed by atoms with Crippen molar-refractivity contribution in [2.24, 2.45) is 0 Å². The zero-order valence-electron chi connectivity index (χ0n) is 11.0. The van der Waals surface area contributed by atoms with Gasteiger partial charge in [0.15, 0.2) is 0 Å². The lowest BCUT2D eigenvalue weighted by Crippen LogP contribution is -2.00. The SMILES string of the molecule is Oc1ccccc1CNc1cccc(-n2cccc2)c1. The Morgan fingerprint density at radius 2 is 1.70 bits per heavy atom. The Morgan fingerprint density at radius 1 is 0.900 bits per heavy atom. The van der Waals surface area contributed by atoms with Crippen LogP contribution in [0.5, 0.6) is 5.75 Å². The van der Waals surface area contributed by atoms with Crippen molar-refractivity contribution in [1.29, 1.82) is 0 Å². The Labute approximate surface area is 118 Å². The van der Waals surface area contributed by atoms with E-state index >= 15 is 0 Å². The van der Waals surface area contributed by atoms with E-state index < -0.39 is 0 Å². The average molecular weight is 264 g/mol. The number of nitrogens with one attached hydrogen (secondary N) is 1. The van der Waals surface area contributed by atoms with E-state index in [0.29, 0.717) is 12.3 Å². The molecule has 0 aliphatic carbocycles. The number of nitrogens with zero attached hydrogens (tertiary/aromatic N) is 1. The van der Waals surface area contributed by atoms with Crippen LogP contribution in [-0.4, -0.2) is 9.67 Å². The molecule has 0 saturated heterocycles. The van der Waals surface area contributed by atoms with E-state index in [1.807, 2.05) is 54.9 Å². The third kappa shape index (κ3) is 2.67. The third-order valence-corrected chi connectivity index (χ3v) is 3.22. The molecule has 1 heterocycles. The molecule has 0 spiro atoms. The first-order valence-electron chi connectivity index (χ1n) is 6.57. The molecular weight excluding hydrogens is 248 g/mol. The second kappa shape index (κ2) is 5.53. The number of para-hydroxylation sites is 1. The van der Waals surface area contributed by atoms with Crippen LogP contribution in [0.2, 0.25) is 0 Å². The van der Waals surface area contributed by atoms with E-state index in [9.17, 15) is 5.11 Å². The van der Waals surface area contributed by atoms with Gasteiger partial charge in [-0.25, -0.2) is 0 Å². The maximum absolute atomic E-state index is 9.75. The summed E-state index contributed by atoms with van der Waals surface area (Å²) in [6.07, 6.45) is 4.03. The van der Waals surface area contributed by atoms with Gasteiger partial charge in [-0.05, 0) is 36.4 Å². The van der Waals surface area contributed by atoms with Gasteiger partial charge in [-0.15, -0.1) is 0 Å². The number of phenolic OH excluding ortho intramolecular Hbond substituents is 1. The monoisotopic (exact) mass is 264 g/mol. The van der Waals surface area contributed by atoms with Crippen molar-refractivity contribution in [3.05, 3.63) is 78.6 Å². The lowest BCUT2D eigenvalue weighted by atomic mass is 10.2. The summed E-state index contributed by atoms with van der Waals surface area (Å²) in [6, 6.07) is 19.6. The quantitative estimate of drug-likeness (QED) is 0.752. The van der Waals surface area contributed by atoms with Crippen LogP contribution in [0.1, 0.15) is 5.56 Å². The Morgan fingerprint density at radius 3 is 2.50 bits per heavy atom. The van der Waals surface area contributed by atoms with Crippen molar-refractivity contribution in [3.63, 3.8) is 0 Å². The second-order valence-electron chi connectivity index (χ2n) is 4.62. The number of anilines is 1. The highest BCUT2D eigenvalue weighted by Crippen LogP contribution is 2.19. The number of hydrogen-bond donors (Lipinski definition) is 2. The van der Waals surface area contributed by atoms with Crippen LogP contribution in [0.15, 0.2) is 73.1 Å². The maximum atomic E-state index is 9.75. The van der Waals surface area contributed by atoms with Crippen molar-refractivity contribution >= 4 is 5.69 Å². The smallest absolute Gasteiger partial charge is 0.120 e. The fourth-order valence-corrected chi connectivity index (χ4v) is 2.14. The molecule has 0 amide bonds. The number of rotatable bonds is 4. The normalized spacial score (nSPS) is 10.4. The summed E-state index contributed by atoms with van der Waals surface area (Å²) in [4.78, 5) is 0. The van der Waals surface area contributed by atoms with Crippen LogP contribution in [0.3, 0.4) is 0 Å². The molecule has 0 bridgehead atoms. The second-order valence-corrected chi connectivity index (χ2v) is 4.62. The first-order chi connectivity index (χ1) is 9.83. The van der Waals surface area contributed by atoms with Gasteiger partial charge in [0.1, 0.15) is 5.75 Å². The molecule has 0 fully saturated rings. The summed E-state index contributed by atoms with van der Waals surface area (Å²) >= 11 is 0. The van der Waals surface area contributed by atoms with Crippen LogP contribution in [0, 0.1) is 0 Å². The average Bonchev–Trinajstić information content (AvgIpc) is 3.01. The van der Waals surface area contributed by atoms with Crippen LogP contribution < -0.4 is 5.32 Å². The van der Waals surface area contributed by atoms with Gasteiger partial charge in [-0.3, -0.25) is 0 Å². The minimum atomic E-state index is 0.321. The maximum Gasteiger partial charge on any atom is 0.120 e. The number of aromatic hydroxyl groups is 1. The van der Waals surface area contributed by atoms with Gasteiger partial charge in [0.25, 0.3) is 0 Å². The molecule has 3 aromatic rings. The first kappa shape index (κ1) is 12.4. The fourth-order valence-electron chi connectivity index (χ4n) is 2.14. The summed E-state index contributed by atoms with van der Waals surface area (Å²) in [7, 11) is 0. The lowest BCUT2D eigenvalue weighted by molar-refractivity contribution is 0.469. The minimum absolute atomic E-state index is 0.321. The number of hydrogen-bond acceptors (Lipinski definition) is 2. The van der Waals surface area contributed by atoms with Gasteiger partial charge in [-0.2, -0.15) is 0 Å². The number of aromatic nitrogens is 1.